The molecule has 1 atom stereocenters. The highest BCUT2D eigenvalue weighted by atomic mass is 35.5. The van der Waals surface area contributed by atoms with Crippen LogP contribution in [0.15, 0.2) is 18.2 Å². The van der Waals surface area contributed by atoms with Crippen molar-refractivity contribution in [1.29, 1.82) is 0 Å². The van der Waals surface area contributed by atoms with E-state index in [-0.39, 0.29) is 30.0 Å². The predicted octanol–water partition coefficient (Wildman–Crippen LogP) is 1.64. The molecule has 1 aromatic carbocycles. The van der Waals surface area contributed by atoms with Crippen LogP contribution in [0, 0.1) is 5.92 Å². The molecule has 114 valence electrons. The van der Waals surface area contributed by atoms with Crippen LogP contribution < -0.4 is 10.1 Å². The summed E-state index contributed by atoms with van der Waals surface area (Å²) < 4.78 is 5.05. The summed E-state index contributed by atoms with van der Waals surface area (Å²) in [5, 5.41) is 12.5. The van der Waals surface area contributed by atoms with Gasteiger partial charge in [0.05, 0.1) is 7.11 Å². The van der Waals surface area contributed by atoms with Crippen LogP contribution in [0.25, 0.3) is 0 Å². The largest absolute Gasteiger partial charge is 0.504 e. The van der Waals surface area contributed by atoms with Gasteiger partial charge in [-0.2, -0.15) is 0 Å². The van der Waals surface area contributed by atoms with Gasteiger partial charge in [0.25, 0.3) is 0 Å². The fraction of sp³-hybridized carbons (Fsp3) is 0.500. The van der Waals surface area contributed by atoms with Gasteiger partial charge in [0, 0.05) is 26.1 Å². The van der Waals surface area contributed by atoms with E-state index in [0.29, 0.717) is 18.8 Å². The summed E-state index contributed by atoms with van der Waals surface area (Å²) in [7, 11) is 5.10. The van der Waals surface area contributed by atoms with E-state index in [2.05, 4.69) is 5.32 Å². The molecule has 6 heteroatoms. The molecule has 1 amide bonds. The number of nitrogens with zero attached hydrogens (tertiary/aromatic N) is 1. The average molecular weight is 303 g/mol. The Bertz CT molecular complexity index is 440. The molecule has 0 aliphatic rings. The van der Waals surface area contributed by atoms with Crippen LogP contribution in [0.3, 0.4) is 0 Å². The van der Waals surface area contributed by atoms with Gasteiger partial charge < -0.3 is 20.1 Å². The van der Waals surface area contributed by atoms with Crippen molar-refractivity contribution in [2.24, 2.45) is 5.92 Å². The number of nitrogens with one attached hydrogen (secondary N) is 1. The molecule has 0 fully saturated rings. The lowest BCUT2D eigenvalue weighted by Crippen LogP contribution is -2.35. The summed E-state index contributed by atoms with van der Waals surface area (Å²) in [5.74, 6) is 0.542. The van der Waals surface area contributed by atoms with E-state index < -0.39 is 0 Å². The van der Waals surface area contributed by atoms with E-state index in [9.17, 15) is 9.90 Å². The van der Waals surface area contributed by atoms with Crippen LogP contribution in [-0.4, -0.2) is 43.7 Å². The molecule has 20 heavy (non-hydrogen) atoms. The van der Waals surface area contributed by atoms with Crippen molar-refractivity contribution in [1.82, 2.24) is 10.2 Å². The third-order valence-electron chi connectivity index (χ3n) is 2.97. The molecule has 5 nitrogen and oxygen atoms in total. The standard InChI is InChI=1S/C14H22N2O3.ClH/c1-10(8-15-2)14(18)16(3)9-11-5-6-12(17)13(7-11)19-4;/h5-7,10,15,17H,8-9H2,1-4H3;1H. The second-order valence-electron chi connectivity index (χ2n) is 4.66. The zero-order valence-electron chi connectivity index (χ0n) is 12.3. The Morgan fingerprint density at radius 2 is 2.15 bits per heavy atom. The monoisotopic (exact) mass is 302 g/mol. The molecule has 1 unspecified atom stereocenters. The smallest absolute Gasteiger partial charge is 0.226 e. The average Bonchev–Trinajstić information content (AvgIpc) is 2.40. The fourth-order valence-electron chi connectivity index (χ4n) is 1.94. The second kappa shape index (κ2) is 8.66. The predicted molar refractivity (Wildman–Crippen MR) is 81.5 cm³/mol. The maximum Gasteiger partial charge on any atom is 0.226 e. The third kappa shape index (κ3) is 4.90. The lowest BCUT2D eigenvalue weighted by Gasteiger charge is -2.21. The first-order valence-corrected chi connectivity index (χ1v) is 6.25. The van der Waals surface area contributed by atoms with Crippen molar-refractivity contribution in [3.05, 3.63) is 23.8 Å². The lowest BCUT2D eigenvalue weighted by atomic mass is 10.1. The van der Waals surface area contributed by atoms with Crippen LogP contribution in [0.4, 0.5) is 0 Å². The summed E-state index contributed by atoms with van der Waals surface area (Å²) in [4.78, 5) is 13.7. The number of aromatic hydroxyl groups is 1. The molecule has 0 bridgehead atoms. The minimum atomic E-state index is -0.0611. The van der Waals surface area contributed by atoms with Gasteiger partial charge in [-0.15, -0.1) is 12.4 Å². The summed E-state index contributed by atoms with van der Waals surface area (Å²) in [6.07, 6.45) is 0. The molecule has 0 spiro atoms. The first-order chi connectivity index (χ1) is 8.99. The van der Waals surface area contributed by atoms with Crippen LogP contribution in [0.5, 0.6) is 11.5 Å². The highest BCUT2D eigenvalue weighted by Crippen LogP contribution is 2.26. The quantitative estimate of drug-likeness (QED) is 0.838. The number of benzene rings is 1. The minimum Gasteiger partial charge on any atom is -0.504 e. The molecule has 0 heterocycles. The molecular weight excluding hydrogens is 280 g/mol. The van der Waals surface area contributed by atoms with E-state index in [1.165, 1.54) is 7.11 Å². The third-order valence-corrected chi connectivity index (χ3v) is 2.97. The normalized spacial score (nSPS) is 11.4. The SMILES string of the molecule is CNCC(C)C(=O)N(C)Cc1ccc(O)c(OC)c1.Cl. The van der Waals surface area contributed by atoms with Gasteiger partial charge in [-0.1, -0.05) is 13.0 Å². The summed E-state index contributed by atoms with van der Waals surface area (Å²) in [6.45, 7) is 3.04. The Balaban J connectivity index is 0.00000361. The summed E-state index contributed by atoms with van der Waals surface area (Å²) in [6, 6.07) is 5.09. The van der Waals surface area contributed by atoms with Crippen LogP contribution >= 0.6 is 12.4 Å². The Hall–Kier alpha value is -1.46. The maximum atomic E-state index is 12.1. The van der Waals surface area contributed by atoms with E-state index >= 15 is 0 Å². The van der Waals surface area contributed by atoms with Crippen LogP contribution in [0.1, 0.15) is 12.5 Å². The van der Waals surface area contributed by atoms with Crippen LogP contribution in [-0.2, 0) is 11.3 Å². The summed E-state index contributed by atoms with van der Waals surface area (Å²) >= 11 is 0. The molecule has 1 aromatic rings. The van der Waals surface area contributed by atoms with Crippen molar-refractivity contribution >= 4 is 18.3 Å². The number of methoxy groups -OCH3 is 1. The number of halogens is 1. The number of ether oxygens (including phenoxy) is 1. The number of phenols is 1. The first kappa shape index (κ1) is 18.5. The van der Waals surface area contributed by atoms with Crippen molar-refractivity contribution in [2.45, 2.75) is 13.5 Å². The number of phenolic OH excluding ortho intramolecular Hbond substituents is 1. The van der Waals surface area contributed by atoms with Gasteiger partial charge in [0.1, 0.15) is 0 Å². The van der Waals surface area contributed by atoms with Gasteiger partial charge in [-0.25, -0.2) is 0 Å². The highest BCUT2D eigenvalue weighted by Gasteiger charge is 2.17. The Kier molecular flexibility index (Phi) is 8.03. The fourth-order valence-corrected chi connectivity index (χ4v) is 1.94. The number of carbonyl (C=O) groups is 1. The Morgan fingerprint density at radius 3 is 2.70 bits per heavy atom. The molecule has 1 rings (SSSR count). The number of hydrogen-bond donors (Lipinski definition) is 2. The molecule has 0 saturated heterocycles. The lowest BCUT2D eigenvalue weighted by molar-refractivity contribution is -0.134. The molecule has 0 saturated carbocycles. The molecule has 0 radical (unpaired) electrons. The maximum absolute atomic E-state index is 12.1. The Labute approximate surface area is 126 Å². The van der Waals surface area contributed by atoms with E-state index in [1.54, 1.807) is 30.1 Å². The highest BCUT2D eigenvalue weighted by molar-refractivity contribution is 5.85. The number of carbonyl (C=O) groups excluding carboxylic acids is 1. The molecule has 0 aromatic heterocycles. The molecule has 0 aliphatic heterocycles. The minimum absolute atomic E-state index is 0. The molecule has 2 N–H and O–H groups in total. The first-order valence-electron chi connectivity index (χ1n) is 6.25. The van der Waals surface area contributed by atoms with Crippen molar-refractivity contribution in [3.63, 3.8) is 0 Å². The second-order valence-corrected chi connectivity index (χ2v) is 4.66. The van der Waals surface area contributed by atoms with Gasteiger partial charge in [-0.05, 0) is 24.7 Å². The van der Waals surface area contributed by atoms with Gasteiger partial charge >= 0.3 is 0 Å². The van der Waals surface area contributed by atoms with Crippen molar-refractivity contribution < 1.29 is 14.6 Å². The van der Waals surface area contributed by atoms with E-state index in [0.717, 1.165) is 5.56 Å². The number of hydrogen-bond acceptors (Lipinski definition) is 4. The molecular formula is C14H23ClN2O3. The zero-order valence-corrected chi connectivity index (χ0v) is 13.2. The Morgan fingerprint density at radius 1 is 1.50 bits per heavy atom. The van der Waals surface area contributed by atoms with Crippen LogP contribution in [0.2, 0.25) is 0 Å². The van der Waals surface area contributed by atoms with Gasteiger partial charge in [0.2, 0.25) is 5.91 Å². The molecule has 0 aliphatic carbocycles. The van der Waals surface area contributed by atoms with E-state index in [4.69, 9.17) is 4.74 Å². The van der Waals surface area contributed by atoms with Crippen molar-refractivity contribution in [2.75, 3.05) is 27.7 Å². The van der Waals surface area contributed by atoms with Crippen molar-refractivity contribution in [3.8, 4) is 11.5 Å². The van der Waals surface area contributed by atoms with Gasteiger partial charge in [-0.3, -0.25) is 4.79 Å². The number of amides is 1. The zero-order chi connectivity index (χ0) is 14.4. The number of rotatable bonds is 6. The topological polar surface area (TPSA) is 61.8 Å². The summed E-state index contributed by atoms with van der Waals surface area (Å²) in [5.41, 5.74) is 0.919. The van der Waals surface area contributed by atoms with Gasteiger partial charge in [0.15, 0.2) is 11.5 Å². The van der Waals surface area contributed by atoms with E-state index in [1.807, 2.05) is 14.0 Å².